The lowest BCUT2D eigenvalue weighted by atomic mass is 9.70. The maximum atomic E-state index is 11.5. The molecular formula is C25H50N6O11. The molecule has 0 radical (unpaired) electrons. The quantitative estimate of drug-likeness (QED) is 0.109. The molecule has 0 spiro atoms. The van der Waals surface area contributed by atoms with Crippen LogP contribution in [0.1, 0.15) is 19.8 Å². The Morgan fingerprint density at radius 3 is 2.02 bits per heavy atom. The Kier molecular flexibility index (Phi) is 11.9. The highest BCUT2D eigenvalue weighted by molar-refractivity contribution is 5.09. The van der Waals surface area contributed by atoms with E-state index in [1.807, 2.05) is 0 Å². The molecule has 4 rings (SSSR count). The Bertz CT molecular complexity index is 853. The minimum atomic E-state index is -1.54. The topological polar surface area (TPSA) is 310 Å². The Balaban J connectivity index is 1.57. The summed E-state index contributed by atoms with van der Waals surface area (Å²) in [6, 6.07) is -3.54. The summed E-state index contributed by atoms with van der Waals surface area (Å²) < 4.78 is 29.7. The molecule has 3 heterocycles. The first-order valence-electron chi connectivity index (χ1n) is 14.7. The molecule has 17 heteroatoms. The van der Waals surface area contributed by atoms with Crippen LogP contribution in [0.5, 0.6) is 0 Å². The number of ether oxygens (including phenoxy) is 5. The van der Waals surface area contributed by atoms with Crippen LogP contribution in [0.2, 0.25) is 0 Å². The molecule has 17 N–H and O–H groups in total. The minimum absolute atomic E-state index is 0.139. The van der Waals surface area contributed by atoms with Crippen LogP contribution in [0.25, 0.3) is 0 Å². The van der Waals surface area contributed by atoms with Crippen molar-refractivity contribution in [3.8, 4) is 0 Å². The van der Waals surface area contributed by atoms with Gasteiger partial charge in [-0.2, -0.15) is 0 Å². The number of hydrogen-bond acceptors (Lipinski definition) is 17. The second kappa shape index (κ2) is 14.6. The third-order valence-electron chi connectivity index (χ3n) is 9.00. The van der Waals surface area contributed by atoms with E-state index in [2.05, 4.69) is 5.32 Å². The van der Waals surface area contributed by atoms with Crippen molar-refractivity contribution in [2.45, 2.75) is 124 Å². The molecule has 246 valence electrons. The molecule has 0 bridgehead atoms. The van der Waals surface area contributed by atoms with E-state index >= 15 is 0 Å². The molecule has 3 aliphatic heterocycles. The first-order valence-corrected chi connectivity index (χ1v) is 14.7. The van der Waals surface area contributed by atoms with Gasteiger partial charge >= 0.3 is 0 Å². The van der Waals surface area contributed by atoms with Gasteiger partial charge in [-0.1, -0.05) is 6.92 Å². The summed E-state index contributed by atoms with van der Waals surface area (Å²) in [5, 5.41) is 67.4. The van der Waals surface area contributed by atoms with Gasteiger partial charge in [-0.3, -0.25) is 0 Å². The number of aliphatic hydroxyl groups is 6. The van der Waals surface area contributed by atoms with Crippen LogP contribution in [0.4, 0.5) is 0 Å². The molecule has 0 aromatic carbocycles. The molecule has 0 aromatic heterocycles. The average molecular weight is 611 g/mol. The van der Waals surface area contributed by atoms with E-state index < -0.39 is 110 Å². The molecule has 0 amide bonds. The van der Waals surface area contributed by atoms with Crippen LogP contribution in [-0.2, 0) is 23.7 Å². The number of nitrogens with two attached hydrogens (primary N) is 5. The van der Waals surface area contributed by atoms with E-state index in [-0.39, 0.29) is 19.2 Å². The average Bonchev–Trinajstić information content (AvgIpc) is 3.28. The van der Waals surface area contributed by atoms with Crippen molar-refractivity contribution in [2.24, 2.45) is 34.6 Å². The smallest absolute Gasteiger partial charge is 0.187 e. The monoisotopic (exact) mass is 610 g/mol. The Labute approximate surface area is 244 Å². The Hall–Kier alpha value is -0.680. The van der Waals surface area contributed by atoms with Crippen molar-refractivity contribution >= 4 is 0 Å². The van der Waals surface area contributed by atoms with Gasteiger partial charge in [0.25, 0.3) is 0 Å². The van der Waals surface area contributed by atoms with Gasteiger partial charge in [0.2, 0.25) is 0 Å². The lowest BCUT2D eigenvalue weighted by Crippen LogP contribution is -2.72. The molecule has 3 saturated heterocycles. The van der Waals surface area contributed by atoms with Crippen molar-refractivity contribution in [1.82, 2.24) is 5.32 Å². The fraction of sp³-hybridized carbons (Fsp3) is 1.00. The van der Waals surface area contributed by atoms with Crippen molar-refractivity contribution in [2.75, 3.05) is 26.2 Å². The molecule has 4 fully saturated rings. The zero-order valence-corrected chi connectivity index (χ0v) is 23.7. The first kappa shape index (κ1) is 34.2. The predicted molar refractivity (Wildman–Crippen MR) is 145 cm³/mol. The van der Waals surface area contributed by atoms with E-state index in [1.54, 1.807) is 6.92 Å². The molecule has 18 atom stereocenters. The van der Waals surface area contributed by atoms with E-state index in [0.29, 0.717) is 19.4 Å². The molecule has 1 saturated carbocycles. The van der Waals surface area contributed by atoms with Crippen molar-refractivity contribution in [1.29, 1.82) is 0 Å². The number of hydrogen-bond donors (Lipinski definition) is 12. The van der Waals surface area contributed by atoms with Crippen LogP contribution in [-0.4, -0.2) is 161 Å². The summed E-state index contributed by atoms with van der Waals surface area (Å²) in [4.78, 5) is 0. The lowest BCUT2D eigenvalue weighted by molar-refractivity contribution is -0.281. The number of rotatable bonds is 10. The van der Waals surface area contributed by atoms with Crippen LogP contribution in [0.15, 0.2) is 0 Å². The third-order valence-corrected chi connectivity index (χ3v) is 9.00. The summed E-state index contributed by atoms with van der Waals surface area (Å²) in [6.07, 6.45) is -13.9. The molecule has 42 heavy (non-hydrogen) atoms. The standard InChI is InChI=1S/C25H50N6O11/c1-2-31-15-17(34)13(29)12(21-9(28)4-3-8(5-26)38-21)23(19(15)36)42-25-20(37)22(11(7-32)40-25)41-24-14(30)18(35)16(33)10(6-27)39-24/h8-25,31-37H,2-7,26-30H2,1H3/t8-,9+,10-,11+,12?,13+,14+,15+,16+,17-,18+,19-,20+,21-,22+,23-,24+,25-/m0/s1. The van der Waals surface area contributed by atoms with Gasteiger partial charge in [0.05, 0.1) is 49.2 Å². The van der Waals surface area contributed by atoms with Gasteiger partial charge in [-0.15, -0.1) is 0 Å². The first-order chi connectivity index (χ1) is 20.0. The zero-order valence-electron chi connectivity index (χ0n) is 23.7. The van der Waals surface area contributed by atoms with E-state index in [4.69, 9.17) is 52.4 Å². The molecule has 17 nitrogen and oxygen atoms in total. The summed E-state index contributed by atoms with van der Waals surface area (Å²) in [5.41, 5.74) is 30.5. The van der Waals surface area contributed by atoms with Gasteiger partial charge in [-0.25, -0.2) is 0 Å². The fourth-order valence-electron chi connectivity index (χ4n) is 6.57. The zero-order chi connectivity index (χ0) is 30.9. The summed E-state index contributed by atoms with van der Waals surface area (Å²) >= 11 is 0. The lowest BCUT2D eigenvalue weighted by Gasteiger charge is -2.52. The van der Waals surface area contributed by atoms with Gasteiger partial charge in [0.1, 0.15) is 36.6 Å². The Morgan fingerprint density at radius 2 is 1.40 bits per heavy atom. The fourth-order valence-corrected chi connectivity index (χ4v) is 6.57. The van der Waals surface area contributed by atoms with Gasteiger partial charge in [-0.05, 0) is 19.4 Å². The minimum Gasteiger partial charge on any atom is -0.394 e. The SMILES string of the molecule is CCN[C@@H]1[C@@H](O)[C@H](N)C([C@H]2O[C@H](CN)CC[C@H]2N)[C@H](O[C@@H]2O[C@H](CO)[C@@H](O[C@H]3O[C@@H](CN)[C@@H](O)[C@H](O)[C@H]3N)[C@H]2O)[C@H]1O. The summed E-state index contributed by atoms with van der Waals surface area (Å²) in [7, 11) is 0. The predicted octanol–water partition coefficient (Wildman–Crippen LogP) is -6.94. The number of aliphatic hydroxyl groups excluding tert-OH is 6. The normalized spacial score (nSPS) is 52.0. The van der Waals surface area contributed by atoms with E-state index in [0.717, 1.165) is 0 Å². The maximum Gasteiger partial charge on any atom is 0.187 e. The van der Waals surface area contributed by atoms with Crippen molar-refractivity contribution in [3.63, 3.8) is 0 Å². The number of likely N-dealkylation sites (N-methyl/N-ethyl adjacent to an activating group) is 1. The highest BCUT2D eigenvalue weighted by Crippen LogP contribution is 2.38. The molecular weight excluding hydrogens is 560 g/mol. The van der Waals surface area contributed by atoms with Crippen LogP contribution in [0.3, 0.4) is 0 Å². The van der Waals surface area contributed by atoms with Crippen molar-refractivity contribution in [3.05, 3.63) is 0 Å². The third kappa shape index (κ3) is 6.63. The van der Waals surface area contributed by atoms with Crippen molar-refractivity contribution < 1.29 is 54.3 Å². The summed E-state index contributed by atoms with van der Waals surface area (Å²) in [5.74, 6) is -0.838. The van der Waals surface area contributed by atoms with Gasteiger partial charge in [0, 0.05) is 31.1 Å². The molecule has 1 unspecified atom stereocenters. The number of nitrogens with one attached hydrogen (secondary N) is 1. The summed E-state index contributed by atoms with van der Waals surface area (Å²) in [6.45, 7) is 1.72. The molecule has 4 aliphatic rings. The molecule has 1 aliphatic carbocycles. The largest absolute Gasteiger partial charge is 0.394 e. The van der Waals surface area contributed by atoms with Crippen LogP contribution in [0, 0.1) is 5.92 Å². The second-order valence-electron chi connectivity index (χ2n) is 11.7. The second-order valence-corrected chi connectivity index (χ2v) is 11.7. The highest BCUT2D eigenvalue weighted by atomic mass is 16.7. The van der Waals surface area contributed by atoms with Crippen LogP contribution >= 0.6 is 0 Å². The highest BCUT2D eigenvalue weighted by Gasteiger charge is 2.57. The maximum absolute atomic E-state index is 11.5. The van der Waals surface area contributed by atoms with Gasteiger partial charge in [0.15, 0.2) is 12.6 Å². The molecule has 0 aromatic rings. The van der Waals surface area contributed by atoms with E-state index in [1.165, 1.54) is 0 Å². The van der Waals surface area contributed by atoms with E-state index in [9.17, 15) is 30.6 Å². The van der Waals surface area contributed by atoms with Crippen LogP contribution < -0.4 is 34.0 Å². The van der Waals surface area contributed by atoms with Gasteiger partial charge < -0.3 is 88.3 Å². The Morgan fingerprint density at radius 1 is 0.738 bits per heavy atom.